The highest BCUT2D eigenvalue weighted by Crippen LogP contribution is 2.23. The lowest BCUT2D eigenvalue weighted by molar-refractivity contribution is -0.140. The first-order chi connectivity index (χ1) is 9.47. The fourth-order valence-electron chi connectivity index (χ4n) is 1.73. The molecule has 0 radical (unpaired) electrons. The largest absolute Gasteiger partial charge is 0.491 e. The van der Waals surface area contributed by atoms with Crippen LogP contribution in [-0.2, 0) is 9.59 Å². The van der Waals surface area contributed by atoms with Crippen LogP contribution in [0, 0.1) is 0 Å². The van der Waals surface area contributed by atoms with Crippen LogP contribution in [0.25, 0.3) is 0 Å². The minimum absolute atomic E-state index is 0.0720. The highest BCUT2D eigenvalue weighted by atomic mass is 16.5. The SMILES string of the molecule is CCC(C)Oc1ccc(C(CC(=O)NC)C(=O)O)cc1. The van der Waals surface area contributed by atoms with E-state index in [0.29, 0.717) is 11.3 Å². The van der Waals surface area contributed by atoms with Crippen molar-refractivity contribution in [1.82, 2.24) is 5.32 Å². The molecule has 1 aromatic carbocycles. The van der Waals surface area contributed by atoms with Gasteiger partial charge in [-0.05, 0) is 31.0 Å². The number of rotatable bonds is 7. The molecule has 0 heterocycles. The minimum atomic E-state index is -1.01. The van der Waals surface area contributed by atoms with E-state index in [2.05, 4.69) is 5.32 Å². The quantitative estimate of drug-likeness (QED) is 0.802. The third kappa shape index (κ3) is 4.57. The van der Waals surface area contributed by atoms with Crippen molar-refractivity contribution >= 4 is 11.9 Å². The Kier molecular flexibility index (Phi) is 6.03. The second-order valence-corrected chi connectivity index (χ2v) is 4.67. The maximum absolute atomic E-state index is 11.4. The molecule has 0 aliphatic heterocycles. The van der Waals surface area contributed by atoms with E-state index in [1.807, 2.05) is 13.8 Å². The lowest BCUT2D eigenvalue weighted by atomic mass is 9.95. The number of nitrogens with one attached hydrogen (secondary N) is 1. The number of hydrogen-bond acceptors (Lipinski definition) is 3. The molecule has 0 fully saturated rings. The summed E-state index contributed by atoms with van der Waals surface area (Å²) in [6, 6.07) is 6.86. The van der Waals surface area contributed by atoms with E-state index >= 15 is 0 Å². The maximum atomic E-state index is 11.4. The van der Waals surface area contributed by atoms with Crippen molar-refractivity contribution in [1.29, 1.82) is 0 Å². The monoisotopic (exact) mass is 279 g/mol. The van der Waals surface area contributed by atoms with Crippen molar-refractivity contribution in [2.45, 2.75) is 38.7 Å². The molecule has 1 rings (SSSR count). The molecule has 2 N–H and O–H groups in total. The summed E-state index contributed by atoms with van der Waals surface area (Å²) in [6.07, 6.45) is 0.940. The summed E-state index contributed by atoms with van der Waals surface area (Å²) in [5.74, 6) is -1.44. The average molecular weight is 279 g/mol. The van der Waals surface area contributed by atoms with Crippen LogP contribution < -0.4 is 10.1 Å². The van der Waals surface area contributed by atoms with Gasteiger partial charge in [0.05, 0.1) is 12.0 Å². The van der Waals surface area contributed by atoms with E-state index in [4.69, 9.17) is 4.74 Å². The molecule has 110 valence electrons. The Morgan fingerprint density at radius 1 is 1.30 bits per heavy atom. The molecule has 0 saturated carbocycles. The molecule has 0 bridgehead atoms. The molecule has 0 aliphatic carbocycles. The predicted octanol–water partition coefficient (Wildman–Crippen LogP) is 2.17. The maximum Gasteiger partial charge on any atom is 0.311 e. The van der Waals surface area contributed by atoms with Crippen LogP contribution in [0.15, 0.2) is 24.3 Å². The molecule has 0 saturated heterocycles. The number of carbonyl (C=O) groups is 2. The van der Waals surface area contributed by atoms with Crippen LogP contribution in [0.1, 0.15) is 38.2 Å². The van der Waals surface area contributed by atoms with Crippen LogP contribution in [0.4, 0.5) is 0 Å². The second-order valence-electron chi connectivity index (χ2n) is 4.67. The number of carboxylic acid groups (broad SMARTS) is 1. The molecular formula is C15H21NO4. The summed E-state index contributed by atoms with van der Waals surface area (Å²) in [6.45, 7) is 4.00. The molecule has 5 nitrogen and oxygen atoms in total. The van der Waals surface area contributed by atoms with Crippen molar-refractivity contribution in [2.75, 3.05) is 7.05 Å². The van der Waals surface area contributed by atoms with E-state index in [9.17, 15) is 14.7 Å². The smallest absolute Gasteiger partial charge is 0.311 e. The van der Waals surface area contributed by atoms with E-state index in [1.165, 1.54) is 7.05 Å². The van der Waals surface area contributed by atoms with Gasteiger partial charge in [0.25, 0.3) is 0 Å². The van der Waals surface area contributed by atoms with Gasteiger partial charge in [0.15, 0.2) is 0 Å². The van der Waals surface area contributed by atoms with Gasteiger partial charge in [-0.25, -0.2) is 0 Å². The third-order valence-electron chi connectivity index (χ3n) is 3.16. The number of aliphatic carboxylic acids is 1. The Bertz CT molecular complexity index is 455. The van der Waals surface area contributed by atoms with Gasteiger partial charge in [-0.3, -0.25) is 9.59 Å². The third-order valence-corrected chi connectivity index (χ3v) is 3.16. The number of carboxylic acids is 1. The van der Waals surface area contributed by atoms with Gasteiger partial charge < -0.3 is 15.2 Å². The normalized spacial score (nSPS) is 13.3. The van der Waals surface area contributed by atoms with Gasteiger partial charge in [0.1, 0.15) is 5.75 Å². The van der Waals surface area contributed by atoms with Crippen molar-refractivity contribution in [3.05, 3.63) is 29.8 Å². The second kappa shape index (κ2) is 7.53. The average Bonchev–Trinajstić information content (AvgIpc) is 2.45. The van der Waals surface area contributed by atoms with Gasteiger partial charge >= 0.3 is 5.97 Å². The van der Waals surface area contributed by atoms with Gasteiger partial charge in [0.2, 0.25) is 5.91 Å². The van der Waals surface area contributed by atoms with Crippen LogP contribution in [0.5, 0.6) is 5.75 Å². The van der Waals surface area contributed by atoms with Gasteiger partial charge in [-0.2, -0.15) is 0 Å². The lowest BCUT2D eigenvalue weighted by Crippen LogP contribution is -2.24. The van der Waals surface area contributed by atoms with Crippen LogP contribution in [0.2, 0.25) is 0 Å². The first-order valence-electron chi connectivity index (χ1n) is 6.67. The van der Waals surface area contributed by atoms with E-state index in [-0.39, 0.29) is 18.4 Å². The summed E-state index contributed by atoms with van der Waals surface area (Å²) in [5, 5.41) is 11.7. The molecule has 0 aromatic heterocycles. The molecular weight excluding hydrogens is 258 g/mol. The zero-order valence-corrected chi connectivity index (χ0v) is 12.1. The topological polar surface area (TPSA) is 75.6 Å². The zero-order chi connectivity index (χ0) is 15.1. The number of benzene rings is 1. The fourth-order valence-corrected chi connectivity index (χ4v) is 1.73. The van der Waals surface area contributed by atoms with Crippen LogP contribution in [-0.4, -0.2) is 30.1 Å². The van der Waals surface area contributed by atoms with Crippen LogP contribution >= 0.6 is 0 Å². The Balaban J connectivity index is 2.82. The summed E-state index contributed by atoms with van der Waals surface area (Å²) in [5.41, 5.74) is 0.595. The highest BCUT2D eigenvalue weighted by Gasteiger charge is 2.22. The molecule has 1 amide bonds. The first kappa shape index (κ1) is 16.0. The fraction of sp³-hybridized carbons (Fsp3) is 0.467. The van der Waals surface area contributed by atoms with Crippen molar-refractivity contribution in [3.8, 4) is 5.75 Å². The molecule has 0 aliphatic rings. The number of amides is 1. The number of ether oxygens (including phenoxy) is 1. The highest BCUT2D eigenvalue weighted by molar-refractivity contribution is 5.85. The molecule has 5 heteroatoms. The van der Waals surface area contributed by atoms with Gasteiger partial charge in [-0.15, -0.1) is 0 Å². The molecule has 1 aromatic rings. The number of carbonyl (C=O) groups excluding carboxylic acids is 1. The van der Waals surface area contributed by atoms with Crippen molar-refractivity contribution in [2.24, 2.45) is 0 Å². The van der Waals surface area contributed by atoms with E-state index < -0.39 is 11.9 Å². The van der Waals surface area contributed by atoms with Crippen LogP contribution in [0.3, 0.4) is 0 Å². The predicted molar refractivity (Wildman–Crippen MR) is 75.9 cm³/mol. The number of hydrogen-bond donors (Lipinski definition) is 2. The standard InChI is InChI=1S/C15H21NO4/c1-4-10(2)20-12-7-5-11(6-8-12)13(15(18)19)9-14(17)16-3/h5-8,10,13H,4,9H2,1-3H3,(H,16,17)(H,18,19). The Hall–Kier alpha value is -2.04. The Labute approximate surface area is 118 Å². The van der Waals surface area contributed by atoms with Gasteiger partial charge in [-0.1, -0.05) is 19.1 Å². The lowest BCUT2D eigenvalue weighted by Gasteiger charge is -2.15. The van der Waals surface area contributed by atoms with Gasteiger partial charge in [0, 0.05) is 13.5 Å². The zero-order valence-electron chi connectivity index (χ0n) is 12.1. The summed E-state index contributed by atoms with van der Waals surface area (Å²) >= 11 is 0. The Morgan fingerprint density at radius 2 is 1.90 bits per heavy atom. The Morgan fingerprint density at radius 3 is 2.35 bits per heavy atom. The summed E-state index contributed by atoms with van der Waals surface area (Å²) in [7, 11) is 1.49. The van der Waals surface area contributed by atoms with Crippen molar-refractivity contribution in [3.63, 3.8) is 0 Å². The summed E-state index contributed by atoms with van der Waals surface area (Å²) in [4.78, 5) is 22.6. The molecule has 2 unspecified atom stereocenters. The van der Waals surface area contributed by atoms with E-state index in [1.54, 1.807) is 24.3 Å². The van der Waals surface area contributed by atoms with E-state index in [0.717, 1.165) is 6.42 Å². The minimum Gasteiger partial charge on any atom is -0.491 e. The molecule has 0 spiro atoms. The summed E-state index contributed by atoms with van der Waals surface area (Å²) < 4.78 is 5.63. The first-order valence-corrected chi connectivity index (χ1v) is 6.67. The molecule has 2 atom stereocenters. The molecule has 20 heavy (non-hydrogen) atoms. The van der Waals surface area contributed by atoms with Crippen molar-refractivity contribution < 1.29 is 19.4 Å².